The Morgan fingerprint density at radius 2 is 1.92 bits per heavy atom. The van der Waals surface area contributed by atoms with Crippen LogP contribution in [0.3, 0.4) is 0 Å². The topological polar surface area (TPSA) is 78.4 Å². The van der Waals surface area contributed by atoms with E-state index >= 15 is 0 Å². The van der Waals surface area contributed by atoms with Crippen molar-refractivity contribution in [3.63, 3.8) is 0 Å². The standard InChI is InChI=1S/C18H24N2O3S/c21-17(22)13-5-7-14(8-6-13)20-18(23)19-11-16-15-4-2-1-3-12(15)9-10-24-16/h1-4,13-14,16H,5-11H2,(H,21,22)(H2,19,20,23). The summed E-state index contributed by atoms with van der Waals surface area (Å²) in [5, 5.41) is 15.3. The fourth-order valence-corrected chi connectivity index (χ4v) is 4.79. The quantitative estimate of drug-likeness (QED) is 0.782. The number of benzene rings is 1. The highest BCUT2D eigenvalue weighted by molar-refractivity contribution is 7.99. The molecule has 0 aromatic heterocycles. The number of aliphatic carboxylic acids is 1. The van der Waals surface area contributed by atoms with Crippen LogP contribution in [0.1, 0.15) is 42.1 Å². The zero-order valence-electron chi connectivity index (χ0n) is 13.7. The Kier molecular flexibility index (Phi) is 5.66. The van der Waals surface area contributed by atoms with Crippen molar-refractivity contribution in [1.82, 2.24) is 10.6 Å². The van der Waals surface area contributed by atoms with Crippen molar-refractivity contribution < 1.29 is 14.7 Å². The molecule has 1 heterocycles. The number of nitrogens with one attached hydrogen (secondary N) is 2. The molecule has 1 aromatic rings. The van der Waals surface area contributed by atoms with Gasteiger partial charge in [-0.25, -0.2) is 4.79 Å². The fourth-order valence-electron chi connectivity index (χ4n) is 3.55. The summed E-state index contributed by atoms with van der Waals surface area (Å²) in [6.45, 7) is 0.623. The first-order valence-corrected chi connectivity index (χ1v) is 9.65. The summed E-state index contributed by atoms with van der Waals surface area (Å²) in [6, 6.07) is 8.39. The van der Waals surface area contributed by atoms with Crippen LogP contribution in [0.4, 0.5) is 4.79 Å². The van der Waals surface area contributed by atoms with Crippen LogP contribution in [0, 0.1) is 5.92 Å². The largest absolute Gasteiger partial charge is 0.481 e. The molecule has 1 aliphatic heterocycles. The minimum absolute atomic E-state index is 0.0897. The second-order valence-electron chi connectivity index (χ2n) is 6.55. The van der Waals surface area contributed by atoms with Gasteiger partial charge in [0.1, 0.15) is 0 Å². The summed E-state index contributed by atoms with van der Waals surface area (Å²) in [6.07, 6.45) is 3.87. The van der Waals surface area contributed by atoms with E-state index in [-0.39, 0.29) is 18.0 Å². The molecule has 1 unspecified atom stereocenters. The van der Waals surface area contributed by atoms with Crippen molar-refractivity contribution in [1.29, 1.82) is 0 Å². The van der Waals surface area contributed by atoms with Gasteiger partial charge in [-0.2, -0.15) is 11.8 Å². The molecular formula is C18H24N2O3S. The molecule has 0 radical (unpaired) electrons. The molecule has 1 atom stereocenters. The monoisotopic (exact) mass is 348 g/mol. The average molecular weight is 348 g/mol. The lowest BCUT2D eigenvalue weighted by Gasteiger charge is -2.28. The van der Waals surface area contributed by atoms with Gasteiger partial charge >= 0.3 is 12.0 Å². The molecule has 6 heteroatoms. The maximum atomic E-state index is 12.1. The lowest BCUT2D eigenvalue weighted by atomic mass is 9.86. The Labute approximate surface area is 146 Å². The number of thioether (sulfide) groups is 1. The van der Waals surface area contributed by atoms with E-state index in [1.807, 2.05) is 11.8 Å². The maximum absolute atomic E-state index is 12.1. The molecular weight excluding hydrogens is 324 g/mol. The molecule has 3 rings (SSSR count). The molecule has 2 amide bonds. The van der Waals surface area contributed by atoms with Gasteiger partial charge in [-0.3, -0.25) is 4.79 Å². The van der Waals surface area contributed by atoms with Crippen molar-refractivity contribution >= 4 is 23.8 Å². The van der Waals surface area contributed by atoms with E-state index in [0.717, 1.165) is 25.0 Å². The first-order chi connectivity index (χ1) is 11.6. The average Bonchev–Trinajstić information content (AvgIpc) is 2.60. The Bertz CT molecular complexity index is 600. The third-order valence-electron chi connectivity index (χ3n) is 4.95. The number of carbonyl (C=O) groups is 2. The van der Waals surface area contributed by atoms with Crippen LogP contribution in [0.15, 0.2) is 24.3 Å². The van der Waals surface area contributed by atoms with E-state index in [1.165, 1.54) is 11.1 Å². The highest BCUT2D eigenvalue weighted by Crippen LogP contribution is 2.35. The normalized spacial score (nSPS) is 26.2. The number of carboxylic acids is 1. The van der Waals surface area contributed by atoms with Crippen LogP contribution < -0.4 is 10.6 Å². The first kappa shape index (κ1) is 17.1. The zero-order chi connectivity index (χ0) is 16.9. The molecule has 0 bridgehead atoms. The van der Waals surface area contributed by atoms with Gasteiger partial charge in [-0.15, -0.1) is 0 Å². The molecule has 1 saturated carbocycles. The Morgan fingerprint density at radius 3 is 2.67 bits per heavy atom. The van der Waals surface area contributed by atoms with Crippen LogP contribution in [-0.2, 0) is 11.2 Å². The smallest absolute Gasteiger partial charge is 0.315 e. The molecule has 1 aliphatic carbocycles. The third-order valence-corrected chi connectivity index (χ3v) is 6.21. The van der Waals surface area contributed by atoms with Crippen molar-refractivity contribution in [3.05, 3.63) is 35.4 Å². The second-order valence-corrected chi connectivity index (χ2v) is 7.86. The van der Waals surface area contributed by atoms with Gasteiger partial charge in [-0.1, -0.05) is 24.3 Å². The number of aryl methyl sites for hydroxylation is 1. The third kappa shape index (κ3) is 4.23. The minimum Gasteiger partial charge on any atom is -0.481 e. The summed E-state index contributed by atoms with van der Waals surface area (Å²) in [4.78, 5) is 23.1. The van der Waals surface area contributed by atoms with Crippen LogP contribution in [0.25, 0.3) is 0 Å². The van der Waals surface area contributed by atoms with E-state index in [4.69, 9.17) is 5.11 Å². The number of urea groups is 1. The van der Waals surface area contributed by atoms with Gasteiger partial charge in [0.05, 0.1) is 5.92 Å². The van der Waals surface area contributed by atoms with E-state index in [2.05, 4.69) is 34.9 Å². The van der Waals surface area contributed by atoms with Gasteiger partial charge in [0.25, 0.3) is 0 Å². The van der Waals surface area contributed by atoms with Gasteiger partial charge in [0.15, 0.2) is 0 Å². The zero-order valence-corrected chi connectivity index (χ0v) is 14.5. The fraction of sp³-hybridized carbons (Fsp3) is 0.556. The number of carboxylic acid groups (broad SMARTS) is 1. The van der Waals surface area contributed by atoms with E-state index < -0.39 is 5.97 Å². The molecule has 1 aromatic carbocycles. The van der Waals surface area contributed by atoms with Gasteiger partial charge in [0, 0.05) is 17.8 Å². The van der Waals surface area contributed by atoms with Crippen LogP contribution >= 0.6 is 11.8 Å². The minimum atomic E-state index is -0.717. The number of rotatable bonds is 4. The lowest BCUT2D eigenvalue weighted by Crippen LogP contribution is -2.45. The van der Waals surface area contributed by atoms with Crippen LogP contribution in [-0.4, -0.2) is 35.4 Å². The summed E-state index contributed by atoms with van der Waals surface area (Å²) in [5.74, 6) is 0.122. The molecule has 5 nitrogen and oxygen atoms in total. The molecule has 2 aliphatic rings. The first-order valence-electron chi connectivity index (χ1n) is 8.60. The highest BCUT2D eigenvalue weighted by Gasteiger charge is 2.27. The van der Waals surface area contributed by atoms with E-state index in [1.54, 1.807) is 0 Å². The SMILES string of the molecule is O=C(NCC1SCCc2ccccc21)NC1CCC(C(=O)O)CC1. The molecule has 3 N–H and O–H groups in total. The highest BCUT2D eigenvalue weighted by atomic mass is 32.2. The summed E-state index contributed by atoms with van der Waals surface area (Å²) in [7, 11) is 0. The van der Waals surface area contributed by atoms with Crippen LogP contribution in [0.2, 0.25) is 0 Å². The maximum Gasteiger partial charge on any atom is 0.315 e. The Balaban J connectivity index is 1.45. The Hall–Kier alpha value is -1.69. The van der Waals surface area contributed by atoms with E-state index in [0.29, 0.717) is 24.6 Å². The van der Waals surface area contributed by atoms with Crippen LogP contribution in [0.5, 0.6) is 0 Å². The number of amides is 2. The lowest BCUT2D eigenvalue weighted by molar-refractivity contribution is -0.142. The molecule has 1 fully saturated rings. The van der Waals surface area contributed by atoms with E-state index in [9.17, 15) is 9.59 Å². The van der Waals surface area contributed by atoms with Gasteiger partial charge in [-0.05, 0) is 49.0 Å². The van der Waals surface area contributed by atoms with Gasteiger partial charge < -0.3 is 15.7 Å². The molecule has 0 saturated heterocycles. The number of carbonyl (C=O) groups excluding carboxylic acids is 1. The number of hydrogen-bond acceptors (Lipinski definition) is 3. The molecule has 130 valence electrons. The predicted molar refractivity (Wildman–Crippen MR) is 95.3 cm³/mol. The van der Waals surface area contributed by atoms with Crippen molar-refractivity contribution in [3.8, 4) is 0 Å². The molecule has 24 heavy (non-hydrogen) atoms. The number of fused-ring (bicyclic) bond motifs is 1. The Morgan fingerprint density at radius 1 is 1.17 bits per heavy atom. The summed E-state index contributed by atoms with van der Waals surface area (Å²) in [5.41, 5.74) is 2.71. The summed E-state index contributed by atoms with van der Waals surface area (Å²) < 4.78 is 0. The van der Waals surface area contributed by atoms with Crippen molar-refractivity contribution in [2.24, 2.45) is 5.92 Å². The summed E-state index contributed by atoms with van der Waals surface area (Å²) >= 11 is 1.89. The molecule has 0 spiro atoms. The van der Waals surface area contributed by atoms with Gasteiger partial charge in [0.2, 0.25) is 0 Å². The second kappa shape index (κ2) is 7.92. The predicted octanol–water partition coefficient (Wildman–Crippen LogP) is 2.96. The van der Waals surface area contributed by atoms with Crippen molar-refractivity contribution in [2.75, 3.05) is 12.3 Å². The van der Waals surface area contributed by atoms with Crippen molar-refractivity contribution in [2.45, 2.75) is 43.4 Å². The number of hydrogen-bond donors (Lipinski definition) is 3.